The molecule has 2 aliphatic rings. The lowest BCUT2D eigenvalue weighted by atomic mass is 9.69. The summed E-state index contributed by atoms with van der Waals surface area (Å²) in [7, 11) is 1.61. The molecule has 0 unspecified atom stereocenters. The van der Waals surface area contributed by atoms with Crippen molar-refractivity contribution in [3.8, 4) is 5.75 Å². The van der Waals surface area contributed by atoms with Crippen LogP contribution in [-0.2, 0) is 5.41 Å². The number of H-pyrrole nitrogens is 1. The van der Waals surface area contributed by atoms with Crippen LogP contribution in [0.4, 0.5) is 19.3 Å². The topological polar surface area (TPSA) is 89.6 Å². The van der Waals surface area contributed by atoms with E-state index >= 15 is 0 Å². The summed E-state index contributed by atoms with van der Waals surface area (Å²) in [5.41, 5.74) is 2.50. The normalized spacial score (nSPS) is 19.2. The number of ether oxygens (including phenoxy) is 1. The Balaban J connectivity index is 1.42. The molecule has 5 rings (SSSR count). The first-order chi connectivity index (χ1) is 14.9. The molecule has 1 fully saturated rings. The van der Waals surface area contributed by atoms with Gasteiger partial charge >= 0.3 is 6.03 Å². The molecule has 0 aliphatic carbocycles. The van der Waals surface area contributed by atoms with Crippen molar-refractivity contribution in [2.45, 2.75) is 11.5 Å². The summed E-state index contributed by atoms with van der Waals surface area (Å²) >= 11 is 0. The zero-order chi connectivity index (χ0) is 21.8. The van der Waals surface area contributed by atoms with Crippen molar-refractivity contribution in [3.05, 3.63) is 59.3 Å². The minimum atomic E-state index is -0.818. The standard InChI is InChI=1S/C22H22F2N4O3/c1-31-13-3-4-14-17(7-13)26-20-18(8-29)25-9-22(19(14)20)10-28(11-22)21(30)27-16-5-2-12(23)6-15(16)24/h2-7,18,25-26,29H,8-11H2,1H3,(H,27,30)/t18-/m1/s1. The monoisotopic (exact) mass is 428 g/mol. The highest BCUT2D eigenvalue weighted by molar-refractivity contribution is 5.92. The van der Waals surface area contributed by atoms with E-state index in [9.17, 15) is 18.7 Å². The van der Waals surface area contributed by atoms with E-state index in [0.29, 0.717) is 19.6 Å². The lowest BCUT2D eigenvalue weighted by Crippen LogP contribution is -2.67. The fourth-order valence-electron chi connectivity index (χ4n) is 4.70. The maximum Gasteiger partial charge on any atom is 0.321 e. The van der Waals surface area contributed by atoms with Crippen LogP contribution < -0.4 is 15.4 Å². The van der Waals surface area contributed by atoms with Gasteiger partial charge in [-0.3, -0.25) is 0 Å². The number of fused-ring (bicyclic) bond motifs is 4. The number of methoxy groups -OCH3 is 1. The number of aromatic amines is 1. The Morgan fingerprint density at radius 3 is 2.81 bits per heavy atom. The van der Waals surface area contributed by atoms with Gasteiger partial charge in [0, 0.05) is 53.8 Å². The Labute approximate surface area is 177 Å². The zero-order valence-electron chi connectivity index (χ0n) is 16.8. The van der Waals surface area contributed by atoms with E-state index in [1.54, 1.807) is 12.0 Å². The van der Waals surface area contributed by atoms with E-state index in [1.165, 1.54) is 6.07 Å². The lowest BCUT2D eigenvalue weighted by Gasteiger charge is -2.53. The first-order valence-electron chi connectivity index (χ1n) is 9.99. The van der Waals surface area contributed by atoms with Crippen LogP contribution in [0.15, 0.2) is 36.4 Å². The minimum absolute atomic E-state index is 0.0545. The first-order valence-corrected chi connectivity index (χ1v) is 9.99. The van der Waals surface area contributed by atoms with Gasteiger partial charge in [0.15, 0.2) is 0 Å². The average Bonchev–Trinajstić information content (AvgIpc) is 3.12. The third kappa shape index (κ3) is 3.12. The molecular formula is C22H22F2N4O3. The summed E-state index contributed by atoms with van der Waals surface area (Å²) in [6.07, 6.45) is 0. The van der Waals surface area contributed by atoms with Crippen LogP contribution in [-0.4, -0.2) is 54.4 Å². The highest BCUT2D eigenvalue weighted by Gasteiger charge is 2.51. The molecule has 1 saturated heterocycles. The van der Waals surface area contributed by atoms with Gasteiger partial charge in [-0.1, -0.05) is 0 Å². The van der Waals surface area contributed by atoms with E-state index < -0.39 is 17.7 Å². The third-order valence-electron chi connectivity index (χ3n) is 6.23. The van der Waals surface area contributed by atoms with Crippen molar-refractivity contribution < 1.29 is 23.4 Å². The lowest BCUT2D eigenvalue weighted by molar-refractivity contribution is 0.0841. The predicted octanol–water partition coefficient (Wildman–Crippen LogP) is 2.88. The molecule has 7 nitrogen and oxygen atoms in total. The van der Waals surface area contributed by atoms with Crippen molar-refractivity contribution in [1.82, 2.24) is 15.2 Å². The Hall–Kier alpha value is -3.17. The van der Waals surface area contributed by atoms with Crippen LogP contribution in [0.25, 0.3) is 10.9 Å². The number of halogens is 2. The maximum atomic E-state index is 13.9. The number of urea groups is 1. The molecule has 1 atom stereocenters. The zero-order valence-corrected chi connectivity index (χ0v) is 16.8. The second kappa shape index (κ2) is 7.21. The van der Waals surface area contributed by atoms with E-state index in [1.807, 2.05) is 18.2 Å². The van der Waals surface area contributed by atoms with Crippen molar-refractivity contribution in [3.63, 3.8) is 0 Å². The SMILES string of the molecule is COc1ccc2c3c([nH]c2c1)[C@@H](CO)NCC31CN(C(=O)Nc2ccc(F)cc2F)C1. The summed E-state index contributed by atoms with van der Waals surface area (Å²) in [4.78, 5) is 17.6. The number of hydrogen-bond donors (Lipinski definition) is 4. The molecule has 1 aromatic heterocycles. The summed E-state index contributed by atoms with van der Waals surface area (Å²) in [6.45, 7) is 1.40. The molecule has 2 aliphatic heterocycles. The Morgan fingerprint density at radius 1 is 1.29 bits per heavy atom. The van der Waals surface area contributed by atoms with Gasteiger partial charge in [-0.2, -0.15) is 0 Å². The number of likely N-dealkylation sites (tertiary alicyclic amines) is 1. The number of nitrogens with zero attached hydrogens (tertiary/aromatic N) is 1. The summed E-state index contributed by atoms with van der Waals surface area (Å²) < 4.78 is 32.3. The predicted molar refractivity (Wildman–Crippen MR) is 111 cm³/mol. The van der Waals surface area contributed by atoms with Gasteiger partial charge in [0.05, 0.1) is 25.4 Å². The van der Waals surface area contributed by atoms with Crippen molar-refractivity contribution in [2.75, 3.05) is 38.7 Å². The number of carbonyl (C=O) groups is 1. The van der Waals surface area contributed by atoms with Crippen LogP contribution in [0.1, 0.15) is 17.3 Å². The Kier molecular flexibility index (Phi) is 4.60. The molecular weight excluding hydrogens is 406 g/mol. The summed E-state index contributed by atoms with van der Waals surface area (Å²) in [6, 6.07) is 8.16. The molecule has 0 saturated carbocycles. The molecule has 0 radical (unpaired) electrons. The Morgan fingerprint density at radius 2 is 2.10 bits per heavy atom. The van der Waals surface area contributed by atoms with Gasteiger partial charge in [0.1, 0.15) is 17.4 Å². The summed E-state index contributed by atoms with van der Waals surface area (Å²) in [5, 5.41) is 16.7. The van der Waals surface area contributed by atoms with Gasteiger partial charge in [-0.05, 0) is 29.8 Å². The van der Waals surface area contributed by atoms with E-state index in [2.05, 4.69) is 15.6 Å². The van der Waals surface area contributed by atoms with E-state index in [0.717, 1.165) is 40.0 Å². The fraction of sp³-hybridized carbons (Fsp3) is 0.318. The number of aromatic nitrogens is 1. The highest BCUT2D eigenvalue weighted by atomic mass is 19.1. The second-order valence-electron chi connectivity index (χ2n) is 8.13. The van der Waals surface area contributed by atoms with Gasteiger partial charge < -0.3 is 30.4 Å². The van der Waals surface area contributed by atoms with Crippen LogP contribution >= 0.6 is 0 Å². The molecule has 0 bridgehead atoms. The number of nitrogens with one attached hydrogen (secondary N) is 3. The summed E-state index contributed by atoms with van der Waals surface area (Å²) in [5.74, 6) is -0.792. The van der Waals surface area contributed by atoms with Gasteiger partial charge in [-0.15, -0.1) is 0 Å². The number of carbonyl (C=O) groups excluding carboxylic acids is 1. The largest absolute Gasteiger partial charge is 0.497 e. The van der Waals surface area contributed by atoms with Crippen LogP contribution in [0.3, 0.4) is 0 Å². The van der Waals surface area contributed by atoms with E-state index in [4.69, 9.17) is 4.74 Å². The maximum absolute atomic E-state index is 13.9. The number of hydrogen-bond acceptors (Lipinski definition) is 4. The first kappa shape index (κ1) is 19.8. The van der Waals surface area contributed by atoms with Crippen LogP contribution in [0.2, 0.25) is 0 Å². The van der Waals surface area contributed by atoms with Crippen LogP contribution in [0.5, 0.6) is 5.75 Å². The molecule has 2 aromatic carbocycles. The number of anilines is 1. The molecule has 2 amide bonds. The van der Waals surface area contributed by atoms with Crippen molar-refractivity contribution in [1.29, 1.82) is 0 Å². The highest BCUT2D eigenvalue weighted by Crippen LogP contribution is 2.45. The van der Waals surface area contributed by atoms with Gasteiger partial charge in [0.25, 0.3) is 0 Å². The van der Waals surface area contributed by atoms with Gasteiger partial charge in [0.2, 0.25) is 0 Å². The molecule has 4 N–H and O–H groups in total. The fourth-order valence-corrected chi connectivity index (χ4v) is 4.70. The average molecular weight is 428 g/mol. The van der Waals surface area contributed by atoms with Crippen LogP contribution in [0, 0.1) is 11.6 Å². The third-order valence-corrected chi connectivity index (χ3v) is 6.23. The van der Waals surface area contributed by atoms with Crippen molar-refractivity contribution >= 4 is 22.6 Å². The number of aliphatic hydroxyl groups is 1. The minimum Gasteiger partial charge on any atom is -0.497 e. The smallest absolute Gasteiger partial charge is 0.321 e. The molecule has 3 aromatic rings. The molecule has 1 spiro atoms. The number of rotatable bonds is 3. The van der Waals surface area contributed by atoms with Crippen molar-refractivity contribution in [2.24, 2.45) is 0 Å². The molecule has 31 heavy (non-hydrogen) atoms. The van der Waals surface area contributed by atoms with E-state index in [-0.39, 0.29) is 23.8 Å². The molecule has 3 heterocycles. The number of aliphatic hydroxyl groups excluding tert-OH is 1. The quantitative estimate of drug-likeness (QED) is 0.517. The second-order valence-corrected chi connectivity index (χ2v) is 8.13. The number of amides is 2. The molecule has 9 heteroatoms. The Bertz CT molecular complexity index is 1170. The number of benzene rings is 2. The molecule has 162 valence electrons. The van der Waals surface area contributed by atoms with Gasteiger partial charge in [-0.25, -0.2) is 13.6 Å².